The van der Waals surface area contributed by atoms with Gasteiger partial charge in [-0.2, -0.15) is 0 Å². The van der Waals surface area contributed by atoms with E-state index < -0.39 is 11.3 Å². The van der Waals surface area contributed by atoms with Gasteiger partial charge in [-0.1, -0.05) is 42.5 Å². The van der Waals surface area contributed by atoms with E-state index in [0.29, 0.717) is 23.5 Å². The Morgan fingerprint density at radius 1 is 0.950 bits per heavy atom. The molecule has 0 amide bonds. The molecule has 1 fully saturated rings. The highest BCUT2D eigenvalue weighted by Gasteiger charge is 2.72. The molecule has 1 atom stereocenters. The lowest BCUT2D eigenvalue weighted by atomic mass is 9.87. The normalized spacial score (nSPS) is 23.4. The molecule has 0 aromatic heterocycles. The highest BCUT2D eigenvalue weighted by Crippen LogP contribution is 2.65. The average molecular weight is 274 g/mol. The van der Waals surface area contributed by atoms with E-state index in [1.165, 1.54) is 0 Å². The summed E-state index contributed by atoms with van der Waals surface area (Å²) in [7, 11) is 0. The molecule has 0 aliphatic heterocycles. The van der Waals surface area contributed by atoms with Gasteiger partial charge < -0.3 is 4.74 Å². The van der Waals surface area contributed by atoms with Crippen LogP contribution in [0.2, 0.25) is 0 Å². The first kappa shape index (κ1) is 13.1. The lowest BCUT2D eigenvalue weighted by molar-refractivity contribution is 0.0966. The summed E-state index contributed by atoms with van der Waals surface area (Å²) in [6.07, 6.45) is -0.127. The van der Waals surface area contributed by atoms with Crippen molar-refractivity contribution in [2.45, 2.75) is 24.7 Å². The predicted molar refractivity (Wildman–Crippen MR) is 74.4 cm³/mol. The zero-order valence-corrected chi connectivity index (χ0v) is 11.3. The second-order valence-corrected chi connectivity index (χ2v) is 5.11. The topological polar surface area (TPSA) is 9.23 Å². The van der Waals surface area contributed by atoms with Gasteiger partial charge >= 0.3 is 0 Å². The van der Waals surface area contributed by atoms with Gasteiger partial charge in [0.15, 0.2) is 0 Å². The Hall–Kier alpha value is -1.90. The molecule has 0 heterocycles. The van der Waals surface area contributed by atoms with Crippen LogP contribution in [0.25, 0.3) is 0 Å². The third kappa shape index (κ3) is 1.89. The van der Waals surface area contributed by atoms with E-state index in [9.17, 15) is 8.78 Å². The molecule has 0 saturated heterocycles. The number of rotatable bonds is 4. The molecule has 2 aromatic rings. The summed E-state index contributed by atoms with van der Waals surface area (Å²) in [5, 5.41) is 0. The van der Waals surface area contributed by atoms with Gasteiger partial charge in [0.05, 0.1) is 12.0 Å². The van der Waals surface area contributed by atoms with Crippen LogP contribution in [-0.4, -0.2) is 12.5 Å². The van der Waals surface area contributed by atoms with Crippen molar-refractivity contribution < 1.29 is 13.5 Å². The maximum absolute atomic E-state index is 14.0. The van der Waals surface area contributed by atoms with Crippen molar-refractivity contribution in [3.05, 3.63) is 65.7 Å². The van der Waals surface area contributed by atoms with Crippen molar-refractivity contribution in [1.82, 2.24) is 0 Å². The first-order valence-electron chi connectivity index (χ1n) is 6.77. The van der Waals surface area contributed by atoms with Crippen molar-refractivity contribution in [3.63, 3.8) is 0 Å². The van der Waals surface area contributed by atoms with E-state index in [1.54, 1.807) is 48.5 Å². The maximum atomic E-state index is 14.0. The summed E-state index contributed by atoms with van der Waals surface area (Å²) in [5.74, 6) is -1.97. The molecule has 1 nitrogen and oxygen atoms in total. The fourth-order valence-corrected chi connectivity index (χ4v) is 2.81. The molecule has 20 heavy (non-hydrogen) atoms. The minimum absolute atomic E-state index is 0.127. The van der Waals surface area contributed by atoms with Crippen LogP contribution < -0.4 is 4.74 Å². The molecule has 0 N–H and O–H groups in total. The Morgan fingerprint density at radius 2 is 1.50 bits per heavy atom. The van der Waals surface area contributed by atoms with Crippen molar-refractivity contribution in [2.75, 3.05) is 6.61 Å². The van der Waals surface area contributed by atoms with Crippen LogP contribution in [-0.2, 0) is 5.41 Å². The molecule has 0 spiro atoms. The summed E-state index contributed by atoms with van der Waals surface area (Å²) in [6, 6.07) is 16.0. The zero-order valence-electron chi connectivity index (χ0n) is 11.3. The van der Waals surface area contributed by atoms with Crippen LogP contribution in [0.3, 0.4) is 0 Å². The van der Waals surface area contributed by atoms with Crippen molar-refractivity contribution in [3.8, 4) is 5.75 Å². The van der Waals surface area contributed by atoms with Crippen LogP contribution in [0.1, 0.15) is 24.5 Å². The zero-order chi connectivity index (χ0) is 14.2. The number of hydrogen-bond donors (Lipinski definition) is 0. The molecule has 3 heteroatoms. The molecule has 0 radical (unpaired) electrons. The summed E-state index contributed by atoms with van der Waals surface area (Å²) >= 11 is 0. The molecular weight excluding hydrogens is 258 g/mol. The Balaban J connectivity index is 2.01. The smallest absolute Gasteiger partial charge is 0.263 e. The van der Waals surface area contributed by atoms with E-state index in [4.69, 9.17) is 4.74 Å². The molecule has 1 unspecified atom stereocenters. The maximum Gasteiger partial charge on any atom is 0.263 e. The van der Waals surface area contributed by atoms with E-state index in [1.807, 2.05) is 13.0 Å². The van der Waals surface area contributed by atoms with E-state index in [0.717, 1.165) is 0 Å². The Labute approximate surface area is 117 Å². The van der Waals surface area contributed by atoms with E-state index in [-0.39, 0.29) is 6.42 Å². The fraction of sp³-hybridized carbons (Fsp3) is 0.294. The van der Waals surface area contributed by atoms with E-state index >= 15 is 0 Å². The van der Waals surface area contributed by atoms with Crippen LogP contribution in [0, 0.1) is 0 Å². The van der Waals surface area contributed by atoms with Crippen LogP contribution in [0.5, 0.6) is 5.75 Å². The van der Waals surface area contributed by atoms with Crippen LogP contribution >= 0.6 is 0 Å². The minimum atomic E-state index is -2.68. The molecule has 2 aromatic carbocycles. The SMILES string of the molecule is CCOc1ccc(C2(c3ccccc3)CC2(F)F)cc1. The molecule has 1 saturated carbocycles. The quantitative estimate of drug-likeness (QED) is 0.802. The van der Waals surface area contributed by atoms with Gasteiger partial charge in [-0.25, -0.2) is 8.78 Å². The lowest BCUT2D eigenvalue weighted by Gasteiger charge is -2.18. The highest BCUT2D eigenvalue weighted by molar-refractivity contribution is 5.51. The third-order valence-electron chi connectivity index (χ3n) is 3.91. The molecular formula is C17H16F2O. The number of halogens is 2. The monoisotopic (exact) mass is 274 g/mol. The Kier molecular flexibility index (Phi) is 3.00. The van der Waals surface area contributed by atoms with Crippen molar-refractivity contribution in [2.24, 2.45) is 0 Å². The van der Waals surface area contributed by atoms with Crippen LogP contribution in [0.4, 0.5) is 8.78 Å². The van der Waals surface area contributed by atoms with Gasteiger partial charge in [0.2, 0.25) is 0 Å². The molecule has 0 bridgehead atoms. The standard InChI is InChI=1S/C17H16F2O/c1-2-20-15-10-8-14(9-11-15)16(12-17(16,18)19)13-6-4-3-5-7-13/h3-11H,2,12H2,1H3. The van der Waals surface area contributed by atoms with Gasteiger partial charge in [0.25, 0.3) is 5.92 Å². The highest BCUT2D eigenvalue weighted by atomic mass is 19.3. The summed E-state index contributed by atoms with van der Waals surface area (Å²) in [4.78, 5) is 0. The van der Waals surface area contributed by atoms with E-state index in [2.05, 4.69) is 0 Å². The van der Waals surface area contributed by atoms with Gasteiger partial charge in [-0.15, -0.1) is 0 Å². The first-order valence-corrected chi connectivity index (χ1v) is 6.77. The summed E-state index contributed by atoms with van der Waals surface area (Å²) in [5.41, 5.74) is 0.158. The van der Waals surface area contributed by atoms with Gasteiger partial charge in [0.1, 0.15) is 5.75 Å². The van der Waals surface area contributed by atoms with Crippen molar-refractivity contribution >= 4 is 0 Å². The molecule has 104 valence electrons. The summed E-state index contributed by atoms with van der Waals surface area (Å²) < 4.78 is 33.4. The molecule has 1 aliphatic rings. The van der Waals surface area contributed by atoms with Crippen molar-refractivity contribution in [1.29, 1.82) is 0 Å². The lowest BCUT2D eigenvalue weighted by Crippen LogP contribution is -2.18. The molecule has 3 rings (SSSR count). The van der Waals surface area contributed by atoms with Gasteiger partial charge in [-0.3, -0.25) is 0 Å². The number of ether oxygens (including phenoxy) is 1. The third-order valence-corrected chi connectivity index (χ3v) is 3.91. The fourth-order valence-electron chi connectivity index (χ4n) is 2.81. The second-order valence-electron chi connectivity index (χ2n) is 5.11. The second kappa shape index (κ2) is 4.58. The minimum Gasteiger partial charge on any atom is -0.494 e. The summed E-state index contributed by atoms with van der Waals surface area (Å²) in [6.45, 7) is 2.47. The van der Waals surface area contributed by atoms with Gasteiger partial charge in [0, 0.05) is 6.42 Å². The Morgan fingerprint density at radius 3 is 2.00 bits per heavy atom. The van der Waals surface area contributed by atoms with Crippen LogP contribution in [0.15, 0.2) is 54.6 Å². The number of hydrogen-bond acceptors (Lipinski definition) is 1. The molecule has 1 aliphatic carbocycles. The van der Waals surface area contributed by atoms with Gasteiger partial charge in [-0.05, 0) is 30.2 Å². The largest absolute Gasteiger partial charge is 0.494 e. The predicted octanol–water partition coefficient (Wildman–Crippen LogP) is 4.41. The number of benzene rings is 2. The Bertz CT molecular complexity index is 592. The number of alkyl halides is 2. The average Bonchev–Trinajstić information content (AvgIpc) is 3.05. The first-order chi connectivity index (χ1) is 9.60.